The summed E-state index contributed by atoms with van der Waals surface area (Å²) in [5, 5.41) is 13.2. The summed E-state index contributed by atoms with van der Waals surface area (Å²) in [7, 11) is 1.48. The maximum absolute atomic E-state index is 13.5. The third kappa shape index (κ3) is 12.3. The minimum atomic E-state index is -1.10. The van der Waals surface area contributed by atoms with E-state index in [1.54, 1.807) is 41.5 Å². The first-order chi connectivity index (χ1) is 20.6. The van der Waals surface area contributed by atoms with Gasteiger partial charge in [-0.1, -0.05) is 48.5 Å². The molecule has 5 atom stereocenters. The summed E-state index contributed by atoms with van der Waals surface area (Å²) >= 11 is 0. The quantitative estimate of drug-likeness (QED) is 0.145. The first kappa shape index (κ1) is 38.1. The highest BCUT2D eigenvalue weighted by Crippen LogP contribution is 2.11. The Hall–Kier alpha value is -3.94. The van der Waals surface area contributed by atoms with Crippen LogP contribution in [0.5, 0.6) is 0 Å². The Morgan fingerprint density at radius 2 is 1.34 bits per heavy atom. The third-order valence-corrected chi connectivity index (χ3v) is 6.84. The van der Waals surface area contributed by atoms with E-state index >= 15 is 0 Å². The molecule has 1 aromatic heterocycles. The molecule has 14 nitrogen and oxygen atoms in total. The fourth-order valence-corrected chi connectivity index (χ4v) is 4.10. The molecule has 14 heteroatoms. The van der Waals surface area contributed by atoms with Crippen LogP contribution in [0.4, 0.5) is 0 Å². The zero-order chi connectivity index (χ0) is 33.6. The Balaban J connectivity index is 3.04. The fraction of sp³-hybridized carbons (Fsp3) is 0.667. The van der Waals surface area contributed by atoms with Gasteiger partial charge in [-0.3, -0.25) is 33.8 Å². The second kappa shape index (κ2) is 18.7. The monoisotopic (exact) mass is 619 g/mol. The molecule has 0 aromatic carbocycles. The van der Waals surface area contributed by atoms with Crippen molar-refractivity contribution in [2.45, 2.75) is 98.5 Å². The van der Waals surface area contributed by atoms with Crippen LogP contribution in [0.2, 0.25) is 0 Å². The molecular formula is C30H49N7O7. The molecule has 5 amide bonds. The molecule has 1 rings (SSSR count). The van der Waals surface area contributed by atoms with Gasteiger partial charge in [0.2, 0.25) is 23.5 Å². The SMILES string of the molecule is CC[C@H](NC(=O)[C@H](CC(C)C)NC(=O)[C@@H](NC(=O)[C@@H](NC(=O)c1cnccn1)C(C)C)C(C)C)C(=O)C(=O)NCC(C)OC. The van der Waals surface area contributed by atoms with Crippen molar-refractivity contribution in [3.63, 3.8) is 0 Å². The second-order valence-electron chi connectivity index (χ2n) is 11.8. The van der Waals surface area contributed by atoms with Crippen LogP contribution in [-0.4, -0.2) is 89.2 Å². The van der Waals surface area contributed by atoms with E-state index in [1.807, 2.05) is 13.8 Å². The van der Waals surface area contributed by atoms with Crippen molar-refractivity contribution in [2.75, 3.05) is 13.7 Å². The van der Waals surface area contributed by atoms with Crippen molar-refractivity contribution in [1.82, 2.24) is 36.6 Å². The Morgan fingerprint density at radius 1 is 0.773 bits per heavy atom. The molecule has 1 unspecified atom stereocenters. The predicted molar refractivity (Wildman–Crippen MR) is 163 cm³/mol. The molecule has 1 heterocycles. The van der Waals surface area contributed by atoms with Gasteiger partial charge in [-0.15, -0.1) is 0 Å². The number of hydrogen-bond acceptors (Lipinski definition) is 9. The minimum Gasteiger partial charge on any atom is -0.380 e. The molecule has 0 bridgehead atoms. The maximum Gasteiger partial charge on any atom is 0.289 e. The average molecular weight is 620 g/mol. The van der Waals surface area contributed by atoms with Gasteiger partial charge in [0.05, 0.1) is 18.3 Å². The van der Waals surface area contributed by atoms with Gasteiger partial charge in [-0.25, -0.2) is 4.98 Å². The minimum absolute atomic E-state index is 0.0191. The Morgan fingerprint density at radius 3 is 1.84 bits per heavy atom. The van der Waals surface area contributed by atoms with E-state index in [2.05, 4.69) is 36.6 Å². The van der Waals surface area contributed by atoms with E-state index in [4.69, 9.17) is 4.74 Å². The summed E-state index contributed by atoms with van der Waals surface area (Å²) in [5.74, 6) is -4.80. The first-order valence-corrected chi connectivity index (χ1v) is 15.0. The zero-order valence-corrected chi connectivity index (χ0v) is 27.2. The van der Waals surface area contributed by atoms with Crippen molar-refractivity contribution >= 4 is 35.3 Å². The highest BCUT2D eigenvalue weighted by molar-refractivity contribution is 6.38. The molecule has 1 aromatic rings. The number of nitrogens with one attached hydrogen (secondary N) is 5. The Bertz CT molecular complexity index is 1130. The Labute approximate surface area is 259 Å². The molecule has 5 N–H and O–H groups in total. The first-order valence-electron chi connectivity index (χ1n) is 15.0. The van der Waals surface area contributed by atoms with Gasteiger partial charge in [-0.05, 0) is 37.5 Å². The number of rotatable bonds is 18. The molecule has 0 aliphatic heterocycles. The normalized spacial score (nSPS) is 14.6. The standard InChI is InChI=1S/C30H49N7O7/c1-10-20(25(38)30(43)33-14-19(8)44-9)34-26(39)21(13-16(2)3)35-28(41)23(17(4)5)37-29(42)24(18(6)7)36-27(40)22-15-31-11-12-32-22/h11-12,15-21,23-24H,10,13-14H2,1-9H3,(H,33,43)(H,34,39)(H,35,41)(H,36,40)(H,37,42)/t19?,20-,21-,23-,24-/m0/s1. The van der Waals surface area contributed by atoms with Gasteiger partial charge in [0.15, 0.2) is 0 Å². The summed E-state index contributed by atoms with van der Waals surface area (Å²) in [6, 6.07) is -4.17. The number of ketones is 1. The number of ether oxygens (including phenoxy) is 1. The van der Waals surface area contributed by atoms with E-state index in [-0.39, 0.29) is 48.9 Å². The molecule has 0 spiro atoms. The average Bonchev–Trinajstić information content (AvgIpc) is 2.98. The lowest BCUT2D eigenvalue weighted by Gasteiger charge is -2.29. The highest BCUT2D eigenvalue weighted by atomic mass is 16.5. The fourth-order valence-electron chi connectivity index (χ4n) is 4.10. The van der Waals surface area contributed by atoms with Gasteiger partial charge in [-0.2, -0.15) is 0 Å². The third-order valence-electron chi connectivity index (χ3n) is 6.84. The molecule has 0 radical (unpaired) electrons. The lowest BCUT2D eigenvalue weighted by Crippen LogP contribution is -2.60. The van der Waals surface area contributed by atoms with Crippen LogP contribution < -0.4 is 26.6 Å². The summed E-state index contributed by atoms with van der Waals surface area (Å²) in [6.45, 7) is 14.2. The van der Waals surface area contributed by atoms with Crippen molar-refractivity contribution in [2.24, 2.45) is 17.8 Å². The zero-order valence-electron chi connectivity index (χ0n) is 27.2. The molecule has 44 heavy (non-hydrogen) atoms. The molecule has 0 fully saturated rings. The number of carbonyl (C=O) groups is 6. The van der Waals surface area contributed by atoms with Gasteiger partial charge in [0.25, 0.3) is 11.8 Å². The van der Waals surface area contributed by atoms with E-state index < -0.39 is 59.5 Å². The summed E-state index contributed by atoms with van der Waals surface area (Å²) in [6.07, 6.45) is 4.15. The lowest BCUT2D eigenvalue weighted by molar-refractivity contribution is -0.141. The molecule has 0 aliphatic rings. The van der Waals surface area contributed by atoms with Crippen LogP contribution in [0.1, 0.15) is 78.7 Å². The van der Waals surface area contributed by atoms with Crippen LogP contribution in [0.25, 0.3) is 0 Å². The van der Waals surface area contributed by atoms with Gasteiger partial charge in [0, 0.05) is 26.0 Å². The topological polar surface area (TPSA) is 198 Å². The smallest absolute Gasteiger partial charge is 0.289 e. The molecule has 246 valence electrons. The van der Waals surface area contributed by atoms with Crippen LogP contribution >= 0.6 is 0 Å². The van der Waals surface area contributed by atoms with Crippen LogP contribution in [-0.2, 0) is 28.7 Å². The molecule has 0 aliphatic carbocycles. The number of carbonyl (C=O) groups excluding carboxylic acids is 6. The van der Waals surface area contributed by atoms with E-state index in [1.165, 1.54) is 25.7 Å². The maximum atomic E-state index is 13.5. The predicted octanol–water partition coefficient (Wildman–Crippen LogP) is 0.518. The lowest BCUT2D eigenvalue weighted by atomic mass is 9.98. The summed E-state index contributed by atoms with van der Waals surface area (Å²) < 4.78 is 5.07. The molecule has 0 saturated heterocycles. The number of hydrogen-bond donors (Lipinski definition) is 5. The van der Waals surface area contributed by atoms with Crippen molar-refractivity contribution in [3.05, 3.63) is 24.3 Å². The number of amides is 5. The van der Waals surface area contributed by atoms with E-state index in [0.717, 1.165) is 0 Å². The number of aromatic nitrogens is 2. The van der Waals surface area contributed by atoms with E-state index in [0.29, 0.717) is 0 Å². The van der Waals surface area contributed by atoms with Crippen LogP contribution in [0, 0.1) is 17.8 Å². The van der Waals surface area contributed by atoms with Crippen molar-refractivity contribution < 1.29 is 33.5 Å². The number of nitrogens with zero attached hydrogens (tertiary/aromatic N) is 2. The van der Waals surface area contributed by atoms with Crippen molar-refractivity contribution in [1.29, 1.82) is 0 Å². The molecule has 0 saturated carbocycles. The largest absolute Gasteiger partial charge is 0.380 e. The van der Waals surface area contributed by atoms with Gasteiger partial charge >= 0.3 is 0 Å². The molecular weight excluding hydrogens is 570 g/mol. The van der Waals surface area contributed by atoms with Gasteiger partial charge < -0.3 is 31.3 Å². The van der Waals surface area contributed by atoms with Crippen LogP contribution in [0.15, 0.2) is 18.6 Å². The van der Waals surface area contributed by atoms with E-state index in [9.17, 15) is 28.8 Å². The van der Waals surface area contributed by atoms with Gasteiger partial charge in [0.1, 0.15) is 23.8 Å². The second-order valence-corrected chi connectivity index (χ2v) is 11.8. The van der Waals surface area contributed by atoms with Crippen LogP contribution in [0.3, 0.4) is 0 Å². The Kier molecular flexibility index (Phi) is 16.2. The number of methoxy groups -OCH3 is 1. The summed E-state index contributed by atoms with van der Waals surface area (Å²) in [4.78, 5) is 85.7. The highest BCUT2D eigenvalue weighted by Gasteiger charge is 2.34. The number of Topliss-reactive ketones (excluding diaryl/α,β-unsaturated/α-hetero) is 1. The summed E-state index contributed by atoms with van der Waals surface area (Å²) in [5.41, 5.74) is 0.0394. The van der Waals surface area contributed by atoms with Crippen molar-refractivity contribution in [3.8, 4) is 0 Å².